The molecule has 0 aliphatic carbocycles. The van der Waals surface area contributed by atoms with E-state index in [0.717, 1.165) is 17.7 Å². The van der Waals surface area contributed by atoms with Gasteiger partial charge in [0.1, 0.15) is 0 Å². The first-order valence-corrected chi connectivity index (χ1v) is 9.81. The number of hydrogen-bond acceptors (Lipinski definition) is 4. The van der Waals surface area contributed by atoms with Crippen LogP contribution in [0.4, 0.5) is 0 Å². The molecule has 2 atom stereocenters. The van der Waals surface area contributed by atoms with Gasteiger partial charge in [-0.2, -0.15) is 0 Å². The summed E-state index contributed by atoms with van der Waals surface area (Å²) in [5.41, 5.74) is 2.24. The molecule has 0 saturated heterocycles. The number of nitrogens with one attached hydrogen (secondary N) is 1. The van der Waals surface area contributed by atoms with Gasteiger partial charge < -0.3 is 14.8 Å². The molecule has 5 heteroatoms. The van der Waals surface area contributed by atoms with Gasteiger partial charge in [-0.1, -0.05) is 43.3 Å². The van der Waals surface area contributed by atoms with E-state index in [-0.39, 0.29) is 17.2 Å². The zero-order valence-corrected chi connectivity index (χ0v) is 16.6. The van der Waals surface area contributed by atoms with Gasteiger partial charge in [-0.3, -0.25) is 4.79 Å². The molecule has 0 bridgehead atoms. The first-order valence-electron chi connectivity index (χ1n) is 8.76. The van der Waals surface area contributed by atoms with E-state index in [9.17, 15) is 4.79 Å². The highest BCUT2D eigenvalue weighted by Crippen LogP contribution is 2.31. The average molecular weight is 374 g/mol. The van der Waals surface area contributed by atoms with Crippen molar-refractivity contribution in [3.05, 3.63) is 59.7 Å². The Kier molecular flexibility index (Phi) is 7.85. The Morgan fingerprint density at radius 1 is 1.08 bits per heavy atom. The zero-order chi connectivity index (χ0) is 18.9. The molecule has 2 aromatic carbocycles. The van der Waals surface area contributed by atoms with Gasteiger partial charge in [-0.25, -0.2) is 0 Å². The standard InChI is InChI=1S/C21H27NO3S/c1-5-18(17-11-12-19(24-3)20(13-17)25-4)22-21(23)15(2)26-14-16-9-7-6-8-10-16/h6-13,15,18H,5,14H2,1-4H3,(H,22,23)/t15-,18+/m1/s1. The van der Waals surface area contributed by atoms with Crippen LogP contribution in [0.1, 0.15) is 37.4 Å². The quantitative estimate of drug-likeness (QED) is 0.698. The second-order valence-electron chi connectivity index (χ2n) is 6.02. The number of methoxy groups -OCH3 is 2. The normalized spacial score (nSPS) is 12.9. The van der Waals surface area contributed by atoms with Crippen molar-refractivity contribution in [2.75, 3.05) is 14.2 Å². The lowest BCUT2D eigenvalue weighted by molar-refractivity contribution is -0.121. The van der Waals surface area contributed by atoms with Gasteiger partial charge in [0.15, 0.2) is 11.5 Å². The second kappa shape index (κ2) is 10.1. The fourth-order valence-electron chi connectivity index (χ4n) is 2.65. The summed E-state index contributed by atoms with van der Waals surface area (Å²) in [5, 5.41) is 3.03. The molecule has 1 amide bonds. The summed E-state index contributed by atoms with van der Waals surface area (Å²) in [6, 6.07) is 15.9. The van der Waals surface area contributed by atoms with E-state index in [2.05, 4.69) is 24.4 Å². The van der Waals surface area contributed by atoms with Crippen LogP contribution in [0.5, 0.6) is 11.5 Å². The van der Waals surface area contributed by atoms with E-state index >= 15 is 0 Å². The third kappa shape index (κ3) is 5.43. The van der Waals surface area contributed by atoms with Gasteiger partial charge in [0.2, 0.25) is 5.91 Å². The molecule has 0 spiro atoms. The zero-order valence-electron chi connectivity index (χ0n) is 15.8. The van der Waals surface area contributed by atoms with Gasteiger partial charge >= 0.3 is 0 Å². The fraction of sp³-hybridized carbons (Fsp3) is 0.381. The molecule has 0 unspecified atom stereocenters. The molecule has 26 heavy (non-hydrogen) atoms. The molecular formula is C21H27NO3S. The van der Waals surface area contributed by atoms with Crippen molar-refractivity contribution in [2.45, 2.75) is 37.3 Å². The van der Waals surface area contributed by atoms with Crippen LogP contribution >= 0.6 is 11.8 Å². The van der Waals surface area contributed by atoms with Crippen molar-refractivity contribution in [3.63, 3.8) is 0 Å². The third-order valence-electron chi connectivity index (χ3n) is 4.25. The van der Waals surface area contributed by atoms with E-state index in [0.29, 0.717) is 11.5 Å². The van der Waals surface area contributed by atoms with E-state index in [4.69, 9.17) is 9.47 Å². The van der Waals surface area contributed by atoms with Crippen molar-refractivity contribution in [3.8, 4) is 11.5 Å². The van der Waals surface area contributed by atoms with Crippen molar-refractivity contribution in [2.24, 2.45) is 0 Å². The maximum Gasteiger partial charge on any atom is 0.233 e. The summed E-state index contributed by atoms with van der Waals surface area (Å²) < 4.78 is 10.7. The van der Waals surface area contributed by atoms with Crippen molar-refractivity contribution in [1.82, 2.24) is 5.32 Å². The summed E-state index contributed by atoms with van der Waals surface area (Å²) in [5.74, 6) is 2.23. The van der Waals surface area contributed by atoms with Crippen LogP contribution in [0.2, 0.25) is 0 Å². The van der Waals surface area contributed by atoms with E-state index in [1.807, 2.05) is 43.3 Å². The molecule has 0 heterocycles. The molecule has 2 aromatic rings. The molecule has 0 aliphatic heterocycles. The minimum absolute atomic E-state index is 0.0487. The maximum absolute atomic E-state index is 12.6. The lowest BCUT2D eigenvalue weighted by Gasteiger charge is -2.21. The maximum atomic E-state index is 12.6. The Morgan fingerprint density at radius 3 is 2.38 bits per heavy atom. The summed E-state index contributed by atoms with van der Waals surface area (Å²) in [6.45, 7) is 4.01. The topological polar surface area (TPSA) is 47.6 Å². The Bertz CT molecular complexity index is 706. The predicted molar refractivity (Wildman–Crippen MR) is 108 cm³/mol. The highest BCUT2D eigenvalue weighted by molar-refractivity contribution is 7.99. The molecule has 140 valence electrons. The van der Waals surface area contributed by atoms with Crippen LogP contribution < -0.4 is 14.8 Å². The summed E-state index contributed by atoms with van der Waals surface area (Å²) in [4.78, 5) is 12.6. The SMILES string of the molecule is CC[C@H](NC(=O)[C@@H](C)SCc1ccccc1)c1ccc(OC)c(OC)c1. The molecular weight excluding hydrogens is 346 g/mol. The number of thioether (sulfide) groups is 1. The molecule has 2 rings (SSSR count). The molecule has 0 fully saturated rings. The van der Waals surface area contributed by atoms with E-state index in [1.54, 1.807) is 26.0 Å². The average Bonchev–Trinajstić information content (AvgIpc) is 2.70. The predicted octanol–water partition coefficient (Wildman–Crippen LogP) is 4.59. The smallest absolute Gasteiger partial charge is 0.233 e. The fourth-order valence-corrected chi connectivity index (χ4v) is 3.51. The number of benzene rings is 2. The highest BCUT2D eigenvalue weighted by Gasteiger charge is 2.19. The first-order chi connectivity index (χ1) is 12.6. The van der Waals surface area contributed by atoms with Gasteiger partial charge in [0, 0.05) is 5.75 Å². The second-order valence-corrected chi connectivity index (χ2v) is 7.35. The van der Waals surface area contributed by atoms with Crippen LogP contribution in [-0.2, 0) is 10.5 Å². The minimum atomic E-state index is -0.121. The van der Waals surface area contributed by atoms with Gasteiger partial charge in [0.25, 0.3) is 0 Å². The lowest BCUT2D eigenvalue weighted by Crippen LogP contribution is -2.34. The van der Waals surface area contributed by atoms with Crippen LogP contribution in [0.15, 0.2) is 48.5 Å². The Morgan fingerprint density at radius 2 is 1.77 bits per heavy atom. The lowest BCUT2D eigenvalue weighted by atomic mass is 10.0. The monoisotopic (exact) mass is 373 g/mol. The van der Waals surface area contributed by atoms with Crippen LogP contribution in [0.25, 0.3) is 0 Å². The van der Waals surface area contributed by atoms with Crippen LogP contribution in [0.3, 0.4) is 0 Å². The number of carbonyl (C=O) groups excluding carboxylic acids is 1. The van der Waals surface area contributed by atoms with Crippen molar-refractivity contribution < 1.29 is 14.3 Å². The van der Waals surface area contributed by atoms with Gasteiger partial charge in [-0.05, 0) is 36.6 Å². The molecule has 0 saturated carbocycles. The largest absolute Gasteiger partial charge is 0.493 e. The molecule has 0 radical (unpaired) electrons. The third-order valence-corrected chi connectivity index (χ3v) is 5.46. The van der Waals surface area contributed by atoms with Crippen LogP contribution in [-0.4, -0.2) is 25.4 Å². The first kappa shape index (κ1) is 20.2. The molecule has 0 aliphatic rings. The van der Waals surface area contributed by atoms with Crippen molar-refractivity contribution >= 4 is 17.7 Å². The summed E-state index contributed by atoms with van der Waals surface area (Å²) >= 11 is 1.64. The Balaban J connectivity index is 1.98. The van der Waals surface area contributed by atoms with Gasteiger partial charge in [0.05, 0.1) is 25.5 Å². The molecule has 1 N–H and O–H groups in total. The number of carbonyl (C=O) groups is 1. The molecule has 0 aromatic heterocycles. The Hall–Kier alpha value is -2.14. The number of ether oxygens (including phenoxy) is 2. The summed E-state index contributed by atoms with van der Waals surface area (Å²) in [7, 11) is 3.23. The molecule has 4 nitrogen and oxygen atoms in total. The van der Waals surface area contributed by atoms with E-state index < -0.39 is 0 Å². The minimum Gasteiger partial charge on any atom is -0.493 e. The number of amides is 1. The van der Waals surface area contributed by atoms with Gasteiger partial charge in [-0.15, -0.1) is 11.8 Å². The number of hydrogen-bond donors (Lipinski definition) is 1. The summed E-state index contributed by atoms with van der Waals surface area (Å²) in [6.07, 6.45) is 0.803. The van der Waals surface area contributed by atoms with Crippen molar-refractivity contribution in [1.29, 1.82) is 0 Å². The van der Waals surface area contributed by atoms with Crippen LogP contribution in [0, 0.1) is 0 Å². The highest BCUT2D eigenvalue weighted by atomic mass is 32.2. The number of rotatable bonds is 9. The Labute approximate surface area is 160 Å². The van der Waals surface area contributed by atoms with E-state index in [1.165, 1.54) is 5.56 Å².